The average Bonchev–Trinajstić information content (AvgIpc) is 3.43. The van der Waals surface area contributed by atoms with E-state index in [1.165, 1.54) is 18.7 Å². The average molecular weight is 425 g/mol. The third-order valence-corrected chi connectivity index (χ3v) is 5.22. The van der Waals surface area contributed by atoms with Crippen molar-refractivity contribution >= 4 is 33.9 Å². The van der Waals surface area contributed by atoms with Crippen LogP contribution in [0, 0.1) is 0 Å². The number of hydrogen-bond donors (Lipinski definition) is 1. The molecule has 5 aromatic rings. The second-order valence-corrected chi connectivity index (χ2v) is 7.67. The molecule has 0 atom stereocenters. The molecule has 0 fully saturated rings. The number of rotatable bonds is 5. The smallest absolute Gasteiger partial charge is 0.255 e. The molecule has 0 bridgehead atoms. The largest absolute Gasteiger partial charge is 0.329 e. The van der Waals surface area contributed by atoms with Gasteiger partial charge in [-0.05, 0) is 38.1 Å². The van der Waals surface area contributed by atoms with Crippen molar-refractivity contribution in [3.05, 3.63) is 84.5 Å². The zero-order valence-electron chi connectivity index (χ0n) is 17.4. The van der Waals surface area contributed by atoms with Gasteiger partial charge in [0.15, 0.2) is 5.78 Å². The number of nitrogens with one attached hydrogen (secondary N) is 1. The van der Waals surface area contributed by atoms with Gasteiger partial charge in [-0.1, -0.05) is 0 Å². The highest BCUT2D eigenvalue weighted by Gasteiger charge is 2.20. The summed E-state index contributed by atoms with van der Waals surface area (Å²) in [7, 11) is 0. The maximum Gasteiger partial charge on any atom is 0.255 e. The minimum absolute atomic E-state index is 0.130. The van der Waals surface area contributed by atoms with Crippen molar-refractivity contribution in [1.29, 1.82) is 0 Å². The van der Waals surface area contributed by atoms with Crippen molar-refractivity contribution < 1.29 is 9.59 Å². The number of pyridine rings is 2. The fourth-order valence-electron chi connectivity index (χ4n) is 3.62. The van der Waals surface area contributed by atoms with E-state index < -0.39 is 0 Å². The number of hydrogen-bond acceptors (Lipinski definition) is 6. The second-order valence-electron chi connectivity index (χ2n) is 7.67. The van der Waals surface area contributed by atoms with Gasteiger partial charge < -0.3 is 9.88 Å². The second kappa shape index (κ2) is 7.69. The molecule has 0 radical (unpaired) electrons. The lowest BCUT2D eigenvalue weighted by molar-refractivity contribution is 0.102. The third-order valence-electron chi connectivity index (χ3n) is 5.22. The molecule has 9 nitrogen and oxygen atoms in total. The Morgan fingerprint density at radius 3 is 2.75 bits per heavy atom. The van der Waals surface area contributed by atoms with Crippen molar-refractivity contribution in [2.24, 2.45) is 0 Å². The van der Waals surface area contributed by atoms with E-state index in [2.05, 4.69) is 25.4 Å². The predicted molar refractivity (Wildman–Crippen MR) is 119 cm³/mol. The summed E-state index contributed by atoms with van der Waals surface area (Å²) in [6, 6.07) is 6.98. The molecule has 0 aliphatic rings. The van der Waals surface area contributed by atoms with Gasteiger partial charge in [0.05, 0.1) is 23.0 Å². The van der Waals surface area contributed by atoms with E-state index in [0.717, 1.165) is 5.52 Å². The summed E-state index contributed by atoms with van der Waals surface area (Å²) in [5.41, 5.74) is 3.27. The number of aromatic nitrogens is 6. The summed E-state index contributed by atoms with van der Waals surface area (Å²) < 4.78 is 3.62. The van der Waals surface area contributed by atoms with Crippen molar-refractivity contribution in [2.45, 2.75) is 19.9 Å². The summed E-state index contributed by atoms with van der Waals surface area (Å²) in [5.74, 6) is -0.515. The molecule has 0 saturated heterocycles. The number of amides is 1. The minimum Gasteiger partial charge on any atom is -0.329 e. The summed E-state index contributed by atoms with van der Waals surface area (Å²) in [6.45, 7) is 4.05. The third kappa shape index (κ3) is 3.39. The van der Waals surface area contributed by atoms with E-state index in [1.54, 1.807) is 47.5 Å². The van der Waals surface area contributed by atoms with Gasteiger partial charge >= 0.3 is 0 Å². The Kier molecular flexibility index (Phi) is 4.70. The Hall–Kier alpha value is -4.40. The van der Waals surface area contributed by atoms with Gasteiger partial charge in [0, 0.05) is 53.5 Å². The Bertz CT molecular complexity index is 1480. The molecule has 0 saturated carbocycles. The zero-order chi connectivity index (χ0) is 22.2. The molecule has 5 rings (SSSR count). The molecule has 158 valence electrons. The number of fused-ring (bicyclic) bond motifs is 2. The summed E-state index contributed by atoms with van der Waals surface area (Å²) in [6.07, 6.45) is 11.3. The van der Waals surface area contributed by atoms with Crippen LogP contribution in [0.15, 0.2) is 67.8 Å². The highest BCUT2D eigenvalue weighted by molar-refractivity contribution is 6.16. The van der Waals surface area contributed by atoms with Crippen LogP contribution in [0.5, 0.6) is 0 Å². The molecule has 0 aliphatic heterocycles. The SMILES string of the molecule is CC(C)n1cc(C(=O)c2cncc(NC(=O)c3ccn4nccc4c3)c2)c2cncnc21. The van der Waals surface area contributed by atoms with E-state index in [0.29, 0.717) is 33.4 Å². The molecule has 0 spiro atoms. The number of anilines is 1. The van der Waals surface area contributed by atoms with Gasteiger partial charge in [0.25, 0.3) is 5.91 Å². The first-order valence-corrected chi connectivity index (χ1v) is 10.1. The van der Waals surface area contributed by atoms with Crippen LogP contribution in [-0.2, 0) is 0 Å². The maximum absolute atomic E-state index is 13.3. The fraction of sp³-hybridized carbons (Fsp3) is 0.130. The van der Waals surface area contributed by atoms with Crippen LogP contribution in [0.3, 0.4) is 0 Å². The monoisotopic (exact) mass is 425 g/mol. The van der Waals surface area contributed by atoms with E-state index in [4.69, 9.17) is 0 Å². The topological polar surface area (TPSA) is 107 Å². The molecular weight excluding hydrogens is 406 g/mol. The quantitative estimate of drug-likeness (QED) is 0.432. The Balaban J connectivity index is 1.44. The van der Waals surface area contributed by atoms with Crippen LogP contribution in [0.2, 0.25) is 0 Å². The summed E-state index contributed by atoms with van der Waals surface area (Å²) in [4.78, 5) is 38.6. The standard InChI is InChI=1S/C23H19N7O2/c1-14(2)29-12-20(19-11-25-13-26-22(19)29)21(31)16-7-17(10-24-9-16)28-23(32)15-4-6-30-18(8-15)3-5-27-30/h3-14H,1-2H3,(H,28,32). The first-order valence-electron chi connectivity index (χ1n) is 10.1. The number of carbonyl (C=O) groups excluding carboxylic acids is 2. The Morgan fingerprint density at radius 2 is 1.91 bits per heavy atom. The molecule has 32 heavy (non-hydrogen) atoms. The van der Waals surface area contributed by atoms with Gasteiger partial charge in [-0.15, -0.1) is 0 Å². The molecular formula is C23H19N7O2. The molecule has 9 heteroatoms. The normalized spacial score (nSPS) is 11.3. The van der Waals surface area contributed by atoms with Gasteiger partial charge in [-0.2, -0.15) is 5.10 Å². The lowest BCUT2D eigenvalue weighted by Crippen LogP contribution is -2.13. The summed E-state index contributed by atoms with van der Waals surface area (Å²) in [5, 5.41) is 7.61. The van der Waals surface area contributed by atoms with E-state index in [1.807, 2.05) is 24.5 Å². The number of carbonyl (C=O) groups is 2. The van der Waals surface area contributed by atoms with Crippen molar-refractivity contribution in [3.63, 3.8) is 0 Å². The van der Waals surface area contributed by atoms with Crippen molar-refractivity contribution in [3.8, 4) is 0 Å². The van der Waals surface area contributed by atoms with Crippen LogP contribution in [0.25, 0.3) is 16.6 Å². The molecule has 1 N–H and O–H groups in total. The Morgan fingerprint density at radius 1 is 1.03 bits per heavy atom. The molecule has 0 unspecified atom stereocenters. The summed E-state index contributed by atoms with van der Waals surface area (Å²) >= 11 is 0. The number of ketones is 1. The van der Waals surface area contributed by atoms with Gasteiger partial charge in [-0.25, -0.2) is 14.5 Å². The molecule has 0 aliphatic carbocycles. The van der Waals surface area contributed by atoms with Crippen LogP contribution in [-0.4, -0.2) is 40.8 Å². The lowest BCUT2D eigenvalue weighted by Gasteiger charge is -2.07. The van der Waals surface area contributed by atoms with Crippen molar-refractivity contribution in [1.82, 2.24) is 29.1 Å². The lowest BCUT2D eigenvalue weighted by atomic mass is 10.1. The van der Waals surface area contributed by atoms with E-state index in [9.17, 15) is 9.59 Å². The van der Waals surface area contributed by atoms with Crippen molar-refractivity contribution in [2.75, 3.05) is 5.32 Å². The maximum atomic E-state index is 13.3. The first kappa shape index (κ1) is 19.6. The number of nitrogens with zero attached hydrogens (tertiary/aromatic N) is 6. The van der Waals surface area contributed by atoms with Gasteiger partial charge in [-0.3, -0.25) is 14.6 Å². The minimum atomic E-state index is -0.301. The molecule has 0 aromatic carbocycles. The van der Waals surface area contributed by atoms with Crippen LogP contribution in [0.4, 0.5) is 5.69 Å². The molecule has 5 aromatic heterocycles. The first-order chi connectivity index (χ1) is 15.5. The predicted octanol–water partition coefficient (Wildman–Crippen LogP) is 3.54. The molecule has 1 amide bonds. The highest BCUT2D eigenvalue weighted by atomic mass is 16.1. The van der Waals surface area contributed by atoms with Gasteiger partial charge in [0.2, 0.25) is 0 Å². The van der Waals surface area contributed by atoms with Crippen LogP contribution in [0.1, 0.15) is 46.2 Å². The highest BCUT2D eigenvalue weighted by Crippen LogP contribution is 2.25. The van der Waals surface area contributed by atoms with E-state index in [-0.39, 0.29) is 17.7 Å². The van der Waals surface area contributed by atoms with Gasteiger partial charge in [0.1, 0.15) is 12.0 Å². The Labute approximate surface area is 182 Å². The zero-order valence-corrected chi connectivity index (χ0v) is 17.4. The van der Waals surface area contributed by atoms with E-state index >= 15 is 0 Å². The fourth-order valence-corrected chi connectivity index (χ4v) is 3.62. The van der Waals surface area contributed by atoms with Crippen LogP contribution >= 0.6 is 0 Å². The molecule has 5 heterocycles. The van der Waals surface area contributed by atoms with Crippen LogP contribution < -0.4 is 5.32 Å².